The number of hydrogen-bond donors (Lipinski definition) is 1. The van der Waals surface area contributed by atoms with Gasteiger partial charge in [-0.1, -0.05) is 31.2 Å². The van der Waals surface area contributed by atoms with E-state index in [-0.39, 0.29) is 18.3 Å². The van der Waals surface area contributed by atoms with Gasteiger partial charge in [-0.25, -0.2) is 0 Å². The predicted molar refractivity (Wildman–Crippen MR) is 78.3 cm³/mol. The quantitative estimate of drug-likeness (QED) is 0.856. The first-order chi connectivity index (χ1) is 8.17. The first-order valence-corrected chi connectivity index (χ1v) is 6.13. The Balaban J connectivity index is 0.00000289. The van der Waals surface area contributed by atoms with E-state index in [9.17, 15) is 4.79 Å². The number of rotatable bonds is 6. The third-order valence-corrected chi connectivity index (χ3v) is 2.91. The number of nitrogens with one attached hydrogen (secondary N) is 1. The minimum atomic E-state index is 0. The van der Waals surface area contributed by atoms with Crippen LogP contribution in [0.25, 0.3) is 0 Å². The van der Waals surface area contributed by atoms with Crippen molar-refractivity contribution in [3.05, 3.63) is 35.4 Å². The number of carbonyl (C=O) groups excluding carboxylic acids is 1. The van der Waals surface area contributed by atoms with Crippen LogP contribution in [0.2, 0.25) is 0 Å². The summed E-state index contributed by atoms with van der Waals surface area (Å²) in [5.74, 6) is 0.171. The minimum absolute atomic E-state index is 0. The summed E-state index contributed by atoms with van der Waals surface area (Å²) in [7, 11) is 3.74. The average Bonchev–Trinajstić information content (AvgIpc) is 2.36. The van der Waals surface area contributed by atoms with Crippen molar-refractivity contribution in [2.75, 3.05) is 27.2 Å². The number of hydrogen-bond acceptors (Lipinski definition) is 2. The highest BCUT2D eigenvalue weighted by atomic mass is 35.5. The van der Waals surface area contributed by atoms with Crippen molar-refractivity contribution in [1.29, 1.82) is 0 Å². The lowest BCUT2D eigenvalue weighted by atomic mass is 10.1. The van der Waals surface area contributed by atoms with Crippen LogP contribution in [0.15, 0.2) is 24.3 Å². The van der Waals surface area contributed by atoms with Crippen LogP contribution in [-0.4, -0.2) is 38.0 Å². The molecule has 1 amide bonds. The fourth-order valence-electron chi connectivity index (χ4n) is 1.61. The lowest BCUT2D eigenvalue weighted by Gasteiger charge is -2.16. The maximum absolute atomic E-state index is 11.9. The molecule has 1 rings (SSSR count). The van der Waals surface area contributed by atoms with Crippen molar-refractivity contribution < 1.29 is 4.79 Å². The third kappa shape index (κ3) is 5.52. The zero-order valence-electron chi connectivity index (χ0n) is 11.4. The van der Waals surface area contributed by atoms with Gasteiger partial charge in [0.15, 0.2) is 0 Å². The van der Waals surface area contributed by atoms with E-state index in [1.165, 1.54) is 5.56 Å². The van der Waals surface area contributed by atoms with Gasteiger partial charge in [0.2, 0.25) is 5.91 Å². The molecular weight excluding hydrogens is 248 g/mol. The van der Waals surface area contributed by atoms with E-state index in [4.69, 9.17) is 0 Å². The van der Waals surface area contributed by atoms with Crippen LogP contribution < -0.4 is 5.32 Å². The molecule has 0 spiro atoms. The molecule has 0 aliphatic rings. The Morgan fingerprint density at radius 1 is 1.22 bits per heavy atom. The second-order valence-corrected chi connectivity index (χ2v) is 4.27. The second kappa shape index (κ2) is 8.95. The molecule has 1 aromatic carbocycles. The maximum atomic E-state index is 11.9. The Labute approximate surface area is 116 Å². The van der Waals surface area contributed by atoms with Gasteiger partial charge >= 0.3 is 0 Å². The summed E-state index contributed by atoms with van der Waals surface area (Å²) in [6, 6.07) is 8.28. The highest BCUT2D eigenvalue weighted by molar-refractivity contribution is 5.85. The van der Waals surface area contributed by atoms with E-state index in [0.29, 0.717) is 6.42 Å². The van der Waals surface area contributed by atoms with Crippen molar-refractivity contribution in [2.24, 2.45) is 0 Å². The molecule has 1 N–H and O–H groups in total. The fraction of sp³-hybridized carbons (Fsp3) is 0.500. The summed E-state index contributed by atoms with van der Waals surface area (Å²) in [6.07, 6.45) is 1.53. The minimum Gasteiger partial charge on any atom is -0.344 e. The van der Waals surface area contributed by atoms with Gasteiger partial charge in [0, 0.05) is 20.1 Å². The molecule has 102 valence electrons. The van der Waals surface area contributed by atoms with Crippen molar-refractivity contribution in [3.63, 3.8) is 0 Å². The molecule has 0 radical (unpaired) electrons. The third-order valence-electron chi connectivity index (χ3n) is 2.91. The van der Waals surface area contributed by atoms with Crippen LogP contribution >= 0.6 is 12.4 Å². The van der Waals surface area contributed by atoms with Gasteiger partial charge in [-0.2, -0.15) is 0 Å². The molecule has 4 heteroatoms. The Morgan fingerprint density at radius 2 is 1.78 bits per heavy atom. The molecule has 0 saturated heterocycles. The maximum Gasteiger partial charge on any atom is 0.226 e. The summed E-state index contributed by atoms with van der Waals surface area (Å²) in [4.78, 5) is 13.6. The fourth-order valence-corrected chi connectivity index (χ4v) is 1.61. The smallest absolute Gasteiger partial charge is 0.226 e. The molecule has 1 aromatic rings. The summed E-state index contributed by atoms with van der Waals surface area (Å²) in [5, 5.41) is 3.04. The Bertz CT molecular complexity index is 351. The normalized spacial score (nSPS) is 9.72. The van der Waals surface area contributed by atoms with Crippen LogP contribution in [0.5, 0.6) is 0 Å². The van der Waals surface area contributed by atoms with Crippen LogP contribution in [-0.2, 0) is 17.6 Å². The van der Waals surface area contributed by atoms with E-state index in [1.54, 1.807) is 4.90 Å². The van der Waals surface area contributed by atoms with Gasteiger partial charge in [0.25, 0.3) is 0 Å². The van der Waals surface area contributed by atoms with E-state index < -0.39 is 0 Å². The highest BCUT2D eigenvalue weighted by Gasteiger charge is 2.08. The molecule has 18 heavy (non-hydrogen) atoms. The molecule has 0 saturated carbocycles. The first-order valence-electron chi connectivity index (χ1n) is 6.13. The lowest BCUT2D eigenvalue weighted by molar-refractivity contribution is -0.129. The number of carbonyl (C=O) groups is 1. The second-order valence-electron chi connectivity index (χ2n) is 4.27. The van der Waals surface area contributed by atoms with E-state index in [0.717, 1.165) is 25.1 Å². The average molecular weight is 271 g/mol. The summed E-state index contributed by atoms with van der Waals surface area (Å²) < 4.78 is 0. The molecule has 0 aliphatic carbocycles. The van der Waals surface area contributed by atoms with Crippen LogP contribution in [0.3, 0.4) is 0 Å². The van der Waals surface area contributed by atoms with Crippen molar-refractivity contribution in [1.82, 2.24) is 10.2 Å². The molecule has 3 nitrogen and oxygen atoms in total. The van der Waals surface area contributed by atoms with E-state index in [1.807, 2.05) is 26.2 Å². The van der Waals surface area contributed by atoms with Crippen molar-refractivity contribution in [3.8, 4) is 0 Å². The summed E-state index contributed by atoms with van der Waals surface area (Å²) in [5.41, 5.74) is 2.40. The summed E-state index contributed by atoms with van der Waals surface area (Å²) >= 11 is 0. The van der Waals surface area contributed by atoms with Crippen molar-refractivity contribution >= 4 is 18.3 Å². The molecule has 0 fully saturated rings. The number of likely N-dealkylation sites (N-methyl/N-ethyl adjacent to an activating group) is 2. The zero-order chi connectivity index (χ0) is 12.7. The summed E-state index contributed by atoms with van der Waals surface area (Å²) in [6.45, 7) is 3.71. The largest absolute Gasteiger partial charge is 0.344 e. The van der Waals surface area contributed by atoms with Crippen LogP contribution in [0.4, 0.5) is 0 Å². The Morgan fingerprint density at radius 3 is 2.28 bits per heavy atom. The molecular formula is C14H23ClN2O. The standard InChI is InChI=1S/C14H22N2O.ClH/c1-4-12-5-7-13(8-6-12)11-14(17)16(3)10-9-15-2;/h5-8,15H,4,9-11H2,1-3H3;1H. The van der Waals surface area contributed by atoms with Gasteiger partial charge in [-0.15, -0.1) is 12.4 Å². The Hall–Kier alpha value is -1.06. The number of halogens is 1. The van der Waals surface area contributed by atoms with Crippen LogP contribution in [0, 0.1) is 0 Å². The van der Waals surface area contributed by atoms with Gasteiger partial charge in [-0.05, 0) is 24.6 Å². The zero-order valence-corrected chi connectivity index (χ0v) is 12.2. The van der Waals surface area contributed by atoms with E-state index >= 15 is 0 Å². The molecule has 0 aliphatic heterocycles. The van der Waals surface area contributed by atoms with E-state index in [2.05, 4.69) is 24.4 Å². The van der Waals surface area contributed by atoms with Gasteiger partial charge in [0.05, 0.1) is 6.42 Å². The Kier molecular flexibility index (Phi) is 8.42. The number of benzene rings is 1. The highest BCUT2D eigenvalue weighted by Crippen LogP contribution is 2.06. The van der Waals surface area contributed by atoms with Crippen LogP contribution in [0.1, 0.15) is 18.1 Å². The van der Waals surface area contributed by atoms with Crippen molar-refractivity contribution in [2.45, 2.75) is 19.8 Å². The predicted octanol–water partition coefficient (Wildman–Crippen LogP) is 1.89. The molecule has 0 unspecified atom stereocenters. The first kappa shape index (κ1) is 16.9. The van der Waals surface area contributed by atoms with Gasteiger partial charge < -0.3 is 10.2 Å². The number of aryl methyl sites for hydroxylation is 1. The molecule has 0 atom stereocenters. The number of amides is 1. The van der Waals surface area contributed by atoms with Gasteiger partial charge in [0.1, 0.15) is 0 Å². The topological polar surface area (TPSA) is 32.3 Å². The molecule has 0 bridgehead atoms. The number of nitrogens with zero attached hydrogens (tertiary/aromatic N) is 1. The van der Waals surface area contributed by atoms with Gasteiger partial charge in [-0.3, -0.25) is 4.79 Å². The molecule has 0 aromatic heterocycles. The SMILES string of the molecule is CCc1ccc(CC(=O)N(C)CCNC)cc1.Cl. The molecule has 0 heterocycles. The lowest BCUT2D eigenvalue weighted by Crippen LogP contribution is -2.33. The monoisotopic (exact) mass is 270 g/mol.